The molecule has 2 fully saturated rings. The fraction of sp³-hybridized carbons (Fsp3) is 1.00. The highest BCUT2D eigenvalue weighted by Gasteiger charge is 2.43. The standard InChI is InChI=1S/C15H31N3/c1-13-10-15(11-16,7-9-17(13)4)18-8-5-6-14(2,3)12-18/h13H,5-12,16H2,1-4H3. The van der Waals surface area contributed by atoms with E-state index in [1.807, 2.05) is 0 Å². The van der Waals surface area contributed by atoms with E-state index in [-0.39, 0.29) is 5.54 Å². The van der Waals surface area contributed by atoms with Crippen LogP contribution < -0.4 is 5.73 Å². The Hall–Kier alpha value is -0.120. The molecule has 0 aromatic rings. The maximum Gasteiger partial charge on any atom is 0.0358 e. The third-order valence-electron chi connectivity index (χ3n) is 5.31. The Morgan fingerprint density at radius 1 is 1.22 bits per heavy atom. The second kappa shape index (κ2) is 5.10. The van der Waals surface area contributed by atoms with Gasteiger partial charge in [0, 0.05) is 24.7 Å². The van der Waals surface area contributed by atoms with Crippen LogP contribution in [0.1, 0.15) is 46.5 Å². The summed E-state index contributed by atoms with van der Waals surface area (Å²) in [6.45, 7) is 11.6. The first-order valence-corrected chi connectivity index (χ1v) is 7.54. The molecule has 106 valence electrons. The molecule has 0 amide bonds. The lowest BCUT2D eigenvalue weighted by Crippen LogP contribution is -2.63. The van der Waals surface area contributed by atoms with E-state index in [1.165, 1.54) is 45.3 Å². The minimum Gasteiger partial charge on any atom is -0.329 e. The summed E-state index contributed by atoms with van der Waals surface area (Å²) < 4.78 is 0. The first-order chi connectivity index (χ1) is 8.38. The molecule has 0 saturated carbocycles. The summed E-state index contributed by atoms with van der Waals surface area (Å²) in [6, 6.07) is 0.660. The minimum absolute atomic E-state index is 0.267. The lowest BCUT2D eigenvalue weighted by Gasteiger charge is -2.54. The van der Waals surface area contributed by atoms with Crippen LogP contribution in [0.25, 0.3) is 0 Å². The van der Waals surface area contributed by atoms with E-state index >= 15 is 0 Å². The smallest absolute Gasteiger partial charge is 0.0358 e. The summed E-state index contributed by atoms with van der Waals surface area (Å²) in [5, 5.41) is 0. The zero-order valence-electron chi connectivity index (χ0n) is 12.7. The fourth-order valence-corrected chi connectivity index (χ4v) is 3.84. The maximum absolute atomic E-state index is 6.21. The number of nitrogens with two attached hydrogens (primary N) is 1. The van der Waals surface area contributed by atoms with Gasteiger partial charge in [0.05, 0.1) is 0 Å². The Morgan fingerprint density at radius 3 is 2.50 bits per heavy atom. The summed E-state index contributed by atoms with van der Waals surface area (Å²) in [5.41, 5.74) is 6.94. The highest BCUT2D eigenvalue weighted by Crippen LogP contribution is 2.37. The monoisotopic (exact) mass is 253 g/mol. The summed E-state index contributed by atoms with van der Waals surface area (Å²) >= 11 is 0. The van der Waals surface area contributed by atoms with E-state index in [0.29, 0.717) is 11.5 Å². The topological polar surface area (TPSA) is 32.5 Å². The van der Waals surface area contributed by atoms with Crippen LogP contribution in [0.4, 0.5) is 0 Å². The largest absolute Gasteiger partial charge is 0.329 e. The Labute approximate surface area is 113 Å². The maximum atomic E-state index is 6.21. The molecule has 2 N–H and O–H groups in total. The zero-order valence-corrected chi connectivity index (χ0v) is 12.7. The molecule has 18 heavy (non-hydrogen) atoms. The quantitative estimate of drug-likeness (QED) is 0.816. The first-order valence-electron chi connectivity index (χ1n) is 7.54. The second-order valence-electron chi connectivity index (χ2n) is 7.40. The molecule has 2 rings (SSSR count). The highest BCUT2D eigenvalue weighted by atomic mass is 15.3. The van der Waals surface area contributed by atoms with Gasteiger partial charge < -0.3 is 10.6 Å². The van der Waals surface area contributed by atoms with Gasteiger partial charge in [0.25, 0.3) is 0 Å². The normalized spacial score (nSPS) is 38.8. The van der Waals surface area contributed by atoms with Gasteiger partial charge in [-0.05, 0) is 58.2 Å². The zero-order chi connectivity index (χ0) is 13.4. The number of likely N-dealkylation sites (tertiary alicyclic amines) is 2. The van der Waals surface area contributed by atoms with Crippen molar-refractivity contribution in [2.24, 2.45) is 11.1 Å². The molecule has 0 bridgehead atoms. The number of rotatable bonds is 2. The van der Waals surface area contributed by atoms with Gasteiger partial charge in [0.1, 0.15) is 0 Å². The molecule has 3 heteroatoms. The number of nitrogens with zero attached hydrogens (tertiary/aromatic N) is 2. The third-order valence-corrected chi connectivity index (χ3v) is 5.31. The molecule has 0 aromatic carbocycles. The van der Waals surface area contributed by atoms with Crippen molar-refractivity contribution < 1.29 is 0 Å². The van der Waals surface area contributed by atoms with E-state index in [4.69, 9.17) is 5.73 Å². The predicted molar refractivity (Wildman–Crippen MR) is 77.7 cm³/mol. The Bertz CT molecular complexity index is 289. The average Bonchev–Trinajstić information content (AvgIpc) is 2.32. The molecule has 0 aromatic heterocycles. The summed E-state index contributed by atoms with van der Waals surface area (Å²) in [6.07, 6.45) is 5.16. The summed E-state index contributed by atoms with van der Waals surface area (Å²) in [7, 11) is 2.24. The lowest BCUT2D eigenvalue weighted by molar-refractivity contribution is -0.0303. The van der Waals surface area contributed by atoms with E-state index < -0.39 is 0 Å². The van der Waals surface area contributed by atoms with Crippen molar-refractivity contribution in [3.63, 3.8) is 0 Å². The molecule has 2 atom stereocenters. The van der Waals surface area contributed by atoms with Gasteiger partial charge in [-0.15, -0.1) is 0 Å². The molecule has 2 heterocycles. The lowest BCUT2D eigenvalue weighted by atomic mass is 9.77. The molecule has 3 nitrogen and oxygen atoms in total. The molecule has 2 aliphatic heterocycles. The molecule has 0 aliphatic carbocycles. The average molecular weight is 253 g/mol. The number of hydrogen-bond acceptors (Lipinski definition) is 3. The van der Waals surface area contributed by atoms with Gasteiger partial charge in [-0.1, -0.05) is 13.8 Å². The Balaban J connectivity index is 2.12. The van der Waals surface area contributed by atoms with Crippen LogP contribution in [-0.4, -0.2) is 54.6 Å². The Kier molecular flexibility index (Phi) is 4.05. The van der Waals surface area contributed by atoms with Crippen LogP contribution in [0.2, 0.25) is 0 Å². The van der Waals surface area contributed by atoms with E-state index in [1.54, 1.807) is 0 Å². The van der Waals surface area contributed by atoms with Crippen LogP contribution in [0.3, 0.4) is 0 Å². The van der Waals surface area contributed by atoms with Crippen molar-refractivity contribution in [2.45, 2.75) is 58.0 Å². The number of piperidine rings is 2. The van der Waals surface area contributed by atoms with E-state index in [9.17, 15) is 0 Å². The fourth-order valence-electron chi connectivity index (χ4n) is 3.84. The number of hydrogen-bond donors (Lipinski definition) is 1. The minimum atomic E-state index is 0.267. The second-order valence-corrected chi connectivity index (χ2v) is 7.40. The molecule has 2 aliphatic rings. The molecule has 2 unspecified atom stereocenters. The van der Waals surface area contributed by atoms with Crippen LogP contribution in [-0.2, 0) is 0 Å². The predicted octanol–water partition coefficient (Wildman–Crippen LogP) is 1.92. The van der Waals surface area contributed by atoms with Crippen molar-refractivity contribution in [3.8, 4) is 0 Å². The molecule has 2 saturated heterocycles. The van der Waals surface area contributed by atoms with E-state index in [2.05, 4.69) is 37.6 Å². The van der Waals surface area contributed by atoms with Gasteiger partial charge >= 0.3 is 0 Å². The van der Waals surface area contributed by atoms with Gasteiger partial charge in [-0.3, -0.25) is 4.90 Å². The van der Waals surface area contributed by atoms with Gasteiger partial charge in [-0.2, -0.15) is 0 Å². The van der Waals surface area contributed by atoms with Crippen molar-refractivity contribution in [1.29, 1.82) is 0 Å². The first kappa shape index (κ1) is 14.3. The van der Waals surface area contributed by atoms with Crippen LogP contribution in [0.5, 0.6) is 0 Å². The molecule has 0 radical (unpaired) electrons. The van der Waals surface area contributed by atoms with Gasteiger partial charge in [-0.25, -0.2) is 0 Å². The van der Waals surface area contributed by atoms with Crippen LogP contribution in [0.15, 0.2) is 0 Å². The highest BCUT2D eigenvalue weighted by molar-refractivity contribution is 5.01. The van der Waals surface area contributed by atoms with Crippen molar-refractivity contribution in [1.82, 2.24) is 9.80 Å². The van der Waals surface area contributed by atoms with Crippen molar-refractivity contribution in [3.05, 3.63) is 0 Å². The molecular formula is C15H31N3. The van der Waals surface area contributed by atoms with Gasteiger partial charge in [0.15, 0.2) is 0 Å². The van der Waals surface area contributed by atoms with Gasteiger partial charge in [0.2, 0.25) is 0 Å². The van der Waals surface area contributed by atoms with Crippen LogP contribution >= 0.6 is 0 Å². The van der Waals surface area contributed by atoms with Crippen molar-refractivity contribution in [2.75, 3.05) is 33.2 Å². The molecular weight excluding hydrogens is 222 g/mol. The molecule has 0 spiro atoms. The summed E-state index contributed by atoms with van der Waals surface area (Å²) in [4.78, 5) is 5.20. The third kappa shape index (κ3) is 2.73. The van der Waals surface area contributed by atoms with E-state index in [0.717, 1.165) is 6.54 Å². The summed E-state index contributed by atoms with van der Waals surface area (Å²) in [5.74, 6) is 0. The Morgan fingerprint density at radius 2 is 1.94 bits per heavy atom. The van der Waals surface area contributed by atoms with Crippen LogP contribution in [0, 0.1) is 5.41 Å². The SMILES string of the molecule is CC1CC(CN)(N2CCCC(C)(C)C2)CCN1C. The van der Waals surface area contributed by atoms with Crippen molar-refractivity contribution >= 4 is 0 Å².